The standard InChI is InChI=1S/C13H13NO3S/c1-2-3-6-9-14-12-8-5-4-7-11(12)13(15)10-18(14,16)17/h1,4-5,7-8H,3,6,9-10H2. The molecule has 0 aliphatic carbocycles. The Morgan fingerprint density at radius 1 is 1.33 bits per heavy atom. The minimum atomic E-state index is -3.55. The van der Waals surface area contributed by atoms with Gasteiger partial charge in [0.1, 0.15) is 5.75 Å². The lowest BCUT2D eigenvalue weighted by Crippen LogP contribution is -2.41. The number of carbonyl (C=O) groups is 1. The zero-order valence-corrected chi connectivity index (χ0v) is 10.6. The van der Waals surface area contributed by atoms with Gasteiger partial charge in [0.15, 0.2) is 5.78 Å². The number of unbranched alkanes of at least 4 members (excludes halogenated alkanes) is 1. The Labute approximate surface area is 107 Å². The quantitative estimate of drug-likeness (QED) is 0.612. The van der Waals surface area contributed by atoms with Gasteiger partial charge in [0, 0.05) is 18.5 Å². The number of sulfonamides is 1. The molecule has 0 saturated carbocycles. The molecule has 0 amide bonds. The molecular weight excluding hydrogens is 250 g/mol. The van der Waals surface area contributed by atoms with Crippen molar-refractivity contribution in [2.24, 2.45) is 0 Å². The van der Waals surface area contributed by atoms with Crippen molar-refractivity contribution in [1.82, 2.24) is 0 Å². The van der Waals surface area contributed by atoms with E-state index in [1.54, 1.807) is 24.3 Å². The summed E-state index contributed by atoms with van der Waals surface area (Å²) >= 11 is 0. The normalized spacial score (nSPS) is 17.1. The molecule has 18 heavy (non-hydrogen) atoms. The van der Waals surface area contributed by atoms with E-state index in [1.807, 2.05) is 0 Å². The topological polar surface area (TPSA) is 54.5 Å². The predicted molar refractivity (Wildman–Crippen MR) is 70.0 cm³/mol. The van der Waals surface area contributed by atoms with Gasteiger partial charge in [0.25, 0.3) is 0 Å². The number of Topliss-reactive ketones (excluding diaryl/α,β-unsaturated/α-hetero) is 1. The van der Waals surface area contributed by atoms with Crippen LogP contribution < -0.4 is 4.31 Å². The molecule has 0 N–H and O–H groups in total. The second-order valence-electron chi connectivity index (χ2n) is 4.08. The first-order valence-corrected chi connectivity index (χ1v) is 7.23. The molecule has 0 aromatic heterocycles. The largest absolute Gasteiger partial charge is 0.293 e. The van der Waals surface area contributed by atoms with E-state index in [0.29, 0.717) is 30.6 Å². The number of para-hydroxylation sites is 1. The average Bonchev–Trinajstić information content (AvgIpc) is 2.33. The number of carbonyl (C=O) groups excluding carboxylic acids is 1. The maximum atomic E-state index is 12.0. The summed E-state index contributed by atoms with van der Waals surface area (Å²) in [6.45, 7) is 0.316. The zero-order chi connectivity index (χ0) is 13.2. The van der Waals surface area contributed by atoms with Crippen LogP contribution in [-0.4, -0.2) is 26.5 Å². The van der Waals surface area contributed by atoms with E-state index in [1.165, 1.54) is 4.31 Å². The molecule has 1 heterocycles. The summed E-state index contributed by atoms with van der Waals surface area (Å²) in [5, 5.41) is 0. The summed E-state index contributed by atoms with van der Waals surface area (Å²) in [6, 6.07) is 6.76. The molecule has 0 bridgehead atoms. The van der Waals surface area contributed by atoms with Crippen LogP contribution in [0, 0.1) is 12.3 Å². The third-order valence-corrected chi connectivity index (χ3v) is 4.48. The van der Waals surface area contributed by atoms with Crippen molar-refractivity contribution in [2.45, 2.75) is 12.8 Å². The average molecular weight is 263 g/mol. The summed E-state index contributed by atoms with van der Waals surface area (Å²) in [5.74, 6) is 1.67. The van der Waals surface area contributed by atoms with Gasteiger partial charge >= 0.3 is 0 Å². The van der Waals surface area contributed by atoms with Crippen molar-refractivity contribution in [3.63, 3.8) is 0 Å². The van der Waals surface area contributed by atoms with Crippen LogP contribution in [0.4, 0.5) is 5.69 Å². The number of rotatable bonds is 3. The summed E-state index contributed by atoms with van der Waals surface area (Å²) in [6.07, 6.45) is 6.25. The van der Waals surface area contributed by atoms with Gasteiger partial charge in [-0.05, 0) is 18.6 Å². The molecule has 0 fully saturated rings. The van der Waals surface area contributed by atoms with Crippen LogP contribution in [0.3, 0.4) is 0 Å². The highest BCUT2D eigenvalue weighted by molar-refractivity contribution is 7.93. The Kier molecular flexibility index (Phi) is 3.39. The monoisotopic (exact) mass is 263 g/mol. The molecule has 1 aliphatic heterocycles. The summed E-state index contributed by atoms with van der Waals surface area (Å²) in [4.78, 5) is 11.7. The third-order valence-electron chi connectivity index (χ3n) is 2.80. The molecule has 1 aromatic rings. The van der Waals surface area contributed by atoms with Gasteiger partial charge in [-0.3, -0.25) is 9.10 Å². The molecule has 1 aliphatic rings. The van der Waals surface area contributed by atoms with E-state index in [0.717, 1.165) is 0 Å². The fraction of sp³-hybridized carbons (Fsp3) is 0.308. The van der Waals surface area contributed by atoms with Crippen LogP contribution in [0.1, 0.15) is 23.2 Å². The molecule has 5 heteroatoms. The number of benzene rings is 1. The van der Waals surface area contributed by atoms with Crippen LogP contribution in [0.5, 0.6) is 0 Å². The second kappa shape index (κ2) is 4.83. The zero-order valence-electron chi connectivity index (χ0n) is 9.80. The highest BCUT2D eigenvalue weighted by atomic mass is 32.2. The maximum absolute atomic E-state index is 12.0. The van der Waals surface area contributed by atoms with Crippen molar-refractivity contribution >= 4 is 21.5 Å². The molecule has 0 saturated heterocycles. The van der Waals surface area contributed by atoms with Crippen molar-refractivity contribution in [1.29, 1.82) is 0 Å². The smallest absolute Gasteiger partial charge is 0.242 e. The second-order valence-corrected chi connectivity index (χ2v) is 5.97. The number of nitrogens with zero attached hydrogens (tertiary/aromatic N) is 1. The lowest BCUT2D eigenvalue weighted by Gasteiger charge is -2.29. The number of anilines is 1. The maximum Gasteiger partial charge on any atom is 0.242 e. The Balaban J connectivity index is 2.40. The minimum Gasteiger partial charge on any atom is -0.293 e. The van der Waals surface area contributed by atoms with Gasteiger partial charge in [-0.2, -0.15) is 0 Å². The van der Waals surface area contributed by atoms with Crippen LogP contribution in [0.2, 0.25) is 0 Å². The molecule has 1 aromatic carbocycles. The first-order valence-electron chi connectivity index (χ1n) is 5.62. The van der Waals surface area contributed by atoms with E-state index in [4.69, 9.17) is 6.42 Å². The van der Waals surface area contributed by atoms with Gasteiger partial charge in [0.05, 0.1) is 5.69 Å². The van der Waals surface area contributed by atoms with E-state index >= 15 is 0 Å². The fourth-order valence-corrected chi connectivity index (χ4v) is 3.49. The molecule has 2 rings (SSSR count). The van der Waals surface area contributed by atoms with E-state index in [2.05, 4.69) is 5.92 Å². The van der Waals surface area contributed by atoms with Crippen LogP contribution in [-0.2, 0) is 10.0 Å². The molecule has 0 unspecified atom stereocenters. The summed E-state index contributed by atoms with van der Waals surface area (Å²) in [7, 11) is -3.55. The van der Waals surface area contributed by atoms with E-state index in [9.17, 15) is 13.2 Å². The van der Waals surface area contributed by atoms with Gasteiger partial charge in [-0.15, -0.1) is 12.3 Å². The Morgan fingerprint density at radius 3 is 2.78 bits per heavy atom. The Hall–Kier alpha value is -1.80. The van der Waals surface area contributed by atoms with Crippen LogP contribution >= 0.6 is 0 Å². The SMILES string of the molecule is C#CCCCN1c2ccccc2C(=O)CS1(=O)=O. The van der Waals surface area contributed by atoms with Crippen LogP contribution in [0.25, 0.3) is 0 Å². The molecule has 4 nitrogen and oxygen atoms in total. The van der Waals surface area contributed by atoms with Crippen molar-refractivity contribution in [3.05, 3.63) is 29.8 Å². The number of ketones is 1. The molecule has 0 radical (unpaired) electrons. The van der Waals surface area contributed by atoms with Gasteiger partial charge in [-0.1, -0.05) is 12.1 Å². The third kappa shape index (κ3) is 2.24. The van der Waals surface area contributed by atoms with Crippen molar-refractivity contribution < 1.29 is 13.2 Å². The molecular formula is C13H13NO3S. The number of fused-ring (bicyclic) bond motifs is 1. The lowest BCUT2D eigenvalue weighted by atomic mass is 10.1. The predicted octanol–water partition coefficient (Wildman–Crippen LogP) is 1.43. The molecule has 0 spiro atoms. The van der Waals surface area contributed by atoms with Gasteiger partial charge in [-0.25, -0.2) is 8.42 Å². The van der Waals surface area contributed by atoms with E-state index < -0.39 is 15.8 Å². The molecule has 94 valence electrons. The number of hydrogen-bond donors (Lipinski definition) is 0. The van der Waals surface area contributed by atoms with Gasteiger partial charge < -0.3 is 0 Å². The Bertz CT molecular complexity index is 613. The lowest BCUT2D eigenvalue weighted by molar-refractivity contribution is 0.102. The summed E-state index contributed by atoms with van der Waals surface area (Å²) in [5.41, 5.74) is 0.929. The highest BCUT2D eigenvalue weighted by Crippen LogP contribution is 2.29. The Morgan fingerprint density at radius 2 is 2.06 bits per heavy atom. The summed E-state index contributed by atoms with van der Waals surface area (Å²) < 4.78 is 25.3. The van der Waals surface area contributed by atoms with Crippen molar-refractivity contribution in [3.8, 4) is 12.3 Å². The first-order chi connectivity index (χ1) is 8.56. The van der Waals surface area contributed by atoms with Crippen LogP contribution in [0.15, 0.2) is 24.3 Å². The highest BCUT2D eigenvalue weighted by Gasteiger charge is 2.33. The van der Waals surface area contributed by atoms with E-state index in [-0.39, 0.29) is 5.78 Å². The molecule has 0 atom stereocenters. The number of hydrogen-bond acceptors (Lipinski definition) is 3. The fourth-order valence-electron chi connectivity index (χ4n) is 1.98. The minimum absolute atomic E-state index is 0.316. The van der Waals surface area contributed by atoms with Crippen molar-refractivity contribution in [2.75, 3.05) is 16.6 Å². The number of terminal acetylenes is 1. The van der Waals surface area contributed by atoms with Gasteiger partial charge in [0.2, 0.25) is 10.0 Å². The first kappa shape index (κ1) is 12.7.